The molecule has 4 aromatic rings. The molecule has 0 aliphatic heterocycles. The molecular formula is C26H23BrN4O3S2. The van der Waals surface area contributed by atoms with Gasteiger partial charge in [0.25, 0.3) is 11.5 Å². The molecule has 2 heterocycles. The summed E-state index contributed by atoms with van der Waals surface area (Å²) in [5.74, 6) is 0.404. The molecule has 0 saturated carbocycles. The number of halogens is 1. The van der Waals surface area contributed by atoms with Crippen molar-refractivity contribution in [1.29, 1.82) is 0 Å². The van der Waals surface area contributed by atoms with Crippen LogP contribution >= 0.6 is 39.0 Å². The highest BCUT2D eigenvalue weighted by molar-refractivity contribution is 9.10. The van der Waals surface area contributed by atoms with Crippen LogP contribution in [0.5, 0.6) is 5.75 Å². The number of carbonyl (C=O) groups excluding carboxylic acids is 1. The molecule has 36 heavy (non-hydrogen) atoms. The first-order valence-electron chi connectivity index (χ1n) is 11.5. The molecule has 0 fully saturated rings. The Bertz CT molecular complexity index is 1520. The number of nitrogens with zero attached hydrogens (tertiary/aromatic N) is 3. The lowest BCUT2D eigenvalue weighted by atomic mass is 9.97. The number of thiophene rings is 1. The molecule has 1 aliphatic carbocycles. The fourth-order valence-electron chi connectivity index (χ4n) is 4.23. The predicted octanol–water partition coefficient (Wildman–Crippen LogP) is 5.34. The van der Waals surface area contributed by atoms with Crippen molar-refractivity contribution in [2.24, 2.45) is 5.10 Å². The second kappa shape index (κ2) is 11.0. The Morgan fingerprint density at radius 2 is 2.06 bits per heavy atom. The SMILES string of the molecule is COc1ccc(Br)cc1C=NNC(=O)CSc1nc2sc3c(c2c(=O)n1-c1ccccc1)CCCC3. The minimum absolute atomic E-state index is 0.0584. The van der Waals surface area contributed by atoms with Crippen LogP contribution in [0.15, 0.2) is 68.1 Å². The molecular weight excluding hydrogens is 560 g/mol. The molecule has 0 bridgehead atoms. The van der Waals surface area contributed by atoms with Crippen molar-refractivity contribution < 1.29 is 9.53 Å². The van der Waals surface area contributed by atoms with Gasteiger partial charge in [-0.3, -0.25) is 14.2 Å². The average Bonchev–Trinajstić information content (AvgIpc) is 3.27. The Hall–Kier alpha value is -2.95. The highest BCUT2D eigenvalue weighted by Crippen LogP contribution is 2.35. The molecule has 0 saturated heterocycles. The van der Waals surface area contributed by atoms with Crippen LogP contribution in [0.1, 0.15) is 28.8 Å². The highest BCUT2D eigenvalue weighted by atomic mass is 79.9. The van der Waals surface area contributed by atoms with Crippen LogP contribution in [0, 0.1) is 0 Å². The van der Waals surface area contributed by atoms with Crippen molar-refractivity contribution in [3.05, 3.63) is 79.4 Å². The third-order valence-corrected chi connectivity index (χ3v) is 8.51. The number of aryl methyl sites for hydroxylation is 2. The van der Waals surface area contributed by atoms with Crippen LogP contribution in [-0.2, 0) is 17.6 Å². The highest BCUT2D eigenvalue weighted by Gasteiger charge is 2.23. The van der Waals surface area contributed by atoms with Crippen molar-refractivity contribution in [3.63, 3.8) is 0 Å². The van der Waals surface area contributed by atoms with Gasteiger partial charge >= 0.3 is 0 Å². The quantitative estimate of drug-likeness (QED) is 0.137. The summed E-state index contributed by atoms with van der Waals surface area (Å²) in [6, 6.07) is 15.0. The molecule has 1 amide bonds. The number of thioether (sulfide) groups is 1. The molecule has 0 unspecified atom stereocenters. The van der Waals surface area contributed by atoms with Gasteiger partial charge in [0.1, 0.15) is 10.6 Å². The van der Waals surface area contributed by atoms with Crippen molar-refractivity contribution in [3.8, 4) is 11.4 Å². The number of benzene rings is 2. The number of fused-ring (bicyclic) bond motifs is 3. The monoisotopic (exact) mass is 582 g/mol. The zero-order valence-electron chi connectivity index (χ0n) is 19.5. The molecule has 0 atom stereocenters. The third kappa shape index (κ3) is 5.11. The summed E-state index contributed by atoms with van der Waals surface area (Å²) in [5, 5.41) is 5.28. The molecule has 184 valence electrons. The Labute approximate surface area is 224 Å². The fraction of sp³-hybridized carbons (Fsp3) is 0.231. The number of aromatic nitrogens is 2. The van der Waals surface area contributed by atoms with Crippen molar-refractivity contribution in [1.82, 2.24) is 15.0 Å². The molecule has 7 nitrogen and oxygen atoms in total. The number of amides is 1. The van der Waals surface area contributed by atoms with Gasteiger partial charge in [-0.25, -0.2) is 10.4 Å². The number of para-hydroxylation sites is 1. The summed E-state index contributed by atoms with van der Waals surface area (Å²) < 4.78 is 7.83. The summed E-state index contributed by atoms with van der Waals surface area (Å²) in [7, 11) is 1.58. The maximum absolute atomic E-state index is 13.7. The number of carbonyl (C=O) groups is 1. The smallest absolute Gasteiger partial charge is 0.267 e. The molecule has 0 spiro atoms. The summed E-state index contributed by atoms with van der Waals surface area (Å²) in [6.07, 6.45) is 5.67. The van der Waals surface area contributed by atoms with Gasteiger partial charge in [0.2, 0.25) is 0 Å². The first-order chi connectivity index (χ1) is 17.5. The zero-order valence-corrected chi connectivity index (χ0v) is 22.7. The lowest BCUT2D eigenvalue weighted by Gasteiger charge is -2.13. The van der Waals surface area contributed by atoms with E-state index < -0.39 is 0 Å². The third-order valence-electron chi connectivity index (χ3n) is 5.89. The van der Waals surface area contributed by atoms with Gasteiger partial charge in [-0.1, -0.05) is 45.9 Å². The van der Waals surface area contributed by atoms with Crippen molar-refractivity contribution >= 4 is 61.4 Å². The van der Waals surface area contributed by atoms with E-state index in [9.17, 15) is 9.59 Å². The minimum Gasteiger partial charge on any atom is -0.496 e. The maximum atomic E-state index is 13.7. The van der Waals surface area contributed by atoms with Crippen molar-refractivity contribution in [2.75, 3.05) is 12.9 Å². The van der Waals surface area contributed by atoms with Crippen LogP contribution in [0.25, 0.3) is 15.9 Å². The minimum atomic E-state index is -0.301. The Balaban J connectivity index is 1.40. The van der Waals surface area contributed by atoms with Crippen LogP contribution in [-0.4, -0.2) is 34.5 Å². The van der Waals surface area contributed by atoms with E-state index in [-0.39, 0.29) is 17.2 Å². The van der Waals surface area contributed by atoms with Crippen LogP contribution in [0.2, 0.25) is 0 Å². The number of hydrogen-bond donors (Lipinski definition) is 1. The van der Waals surface area contributed by atoms with Crippen LogP contribution < -0.4 is 15.7 Å². The molecule has 2 aromatic carbocycles. The number of hydrazone groups is 1. The first-order valence-corrected chi connectivity index (χ1v) is 14.1. The van der Waals surface area contributed by atoms with E-state index in [1.54, 1.807) is 23.0 Å². The average molecular weight is 584 g/mol. The molecule has 2 aromatic heterocycles. The largest absolute Gasteiger partial charge is 0.496 e. The standard InChI is InChI=1S/C26H23BrN4O3S2/c1-34-20-12-11-17(27)13-16(20)14-28-30-22(32)15-35-26-29-24-23(19-9-5-6-10-21(19)36-24)25(33)31(26)18-7-3-2-4-8-18/h2-4,7-8,11-14H,5-6,9-10,15H2,1H3,(H,30,32). The van der Waals surface area contributed by atoms with Crippen LogP contribution in [0.4, 0.5) is 0 Å². The lowest BCUT2D eigenvalue weighted by molar-refractivity contribution is -0.118. The van der Waals surface area contributed by atoms with E-state index in [4.69, 9.17) is 9.72 Å². The van der Waals surface area contributed by atoms with Gasteiger partial charge < -0.3 is 4.74 Å². The second-order valence-electron chi connectivity index (χ2n) is 8.23. The lowest BCUT2D eigenvalue weighted by Crippen LogP contribution is -2.24. The molecule has 1 aliphatic rings. The Morgan fingerprint density at radius 3 is 2.86 bits per heavy atom. The summed E-state index contributed by atoms with van der Waals surface area (Å²) in [6.45, 7) is 0. The summed E-state index contributed by atoms with van der Waals surface area (Å²) >= 11 is 6.25. The number of hydrogen-bond acceptors (Lipinski definition) is 7. The Kier molecular flexibility index (Phi) is 7.54. The maximum Gasteiger partial charge on any atom is 0.267 e. The normalized spacial score (nSPS) is 13.2. The topological polar surface area (TPSA) is 85.6 Å². The summed E-state index contributed by atoms with van der Waals surface area (Å²) in [4.78, 5) is 33.2. The number of nitrogens with one attached hydrogen (secondary N) is 1. The second-order valence-corrected chi connectivity index (χ2v) is 11.2. The molecule has 10 heteroatoms. The van der Waals surface area contributed by atoms with Crippen molar-refractivity contribution in [2.45, 2.75) is 30.8 Å². The molecule has 1 N–H and O–H groups in total. The Morgan fingerprint density at radius 1 is 1.25 bits per heavy atom. The number of rotatable bonds is 7. The zero-order chi connectivity index (χ0) is 25.1. The van der Waals surface area contributed by atoms with E-state index in [1.807, 2.05) is 48.5 Å². The van der Waals surface area contributed by atoms with Gasteiger partial charge in [0.05, 0.1) is 30.2 Å². The fourth-order valence-corrected chi connectivity index (χ4v) is 6.72. The number of ether oxygens (including phenoxy) is 1. The van der Waals surface area contributed by atoms with Gasteiger partial charge in [-0.2, -0.15) is 5.10 Å². The van der Waals surface area contributed by atoms with E-state index >= 15 is 0 Å². The van der Waals surface area contributed by atoms with Gasteiger partial charge in [-0.15, -0.1) is 11.3 Å². The van der Waals surface area contributed by atoms with E-state index in [2.05, 4.69) is 26.5 Å². The molecule has 0 radical (unpaired) electrons. The summed E-state index contributed by atoms with van der Waals surface area (Å²) in [5.41, 5.74) is 5.08. The van der Waals surface area contributed by atoms with Gasteiger partial charge in [0.15, 0.2) is 5.16 Å². The van der Waals surface area contributed by atoms with Gasteiger partial charge in [0, 0.05) is 14.9 Å². The van der Waals surface area contributed by atoms with E-state index in [0.29, 0.717) is 10.9 Å². The van der Waals surface area contributed by atoms with E-state index in [0.717, 1.165) is 57.2 Å². The van der Waals surface area contributed by atoms with Gasteiger partial charge in [-0.05, 0) is 61.6 Å². The molecule has 5 rings (SSSR count). The van der Waals surface area contributed by atoms with Crippen LogP contribution in [0.3, 0.4) is 0 Å². The first kappa shape index (κ1) is 24.7. The van der Waals surface area contributed by atoms with E-state index in [1.165, 1.54) is 22.9 Å². The predicted molar refractivity (Wildman–Crippen MR) is 149 cm³/mol. The number of methoxy groups -OCH3 is 1.